The van der Waals surface area contributed by atoms with Gasteiger partial charge in [0.1, 0.15) is 5.75 Å². The molecule has 1 aromatic rings. The van der Waals surface area contributed by atoms with Gasteiger partial charge in [0.25, 0.3) is 0 Å². The number of nitrogens with one attached hydrogen (secondary N) is 1. The highest BCUT2D eigenvalue weighted by molar-refractivity contribution is 5.37. The highest BCUT2D eigenvalue weighted by Gasteiger charge is 2.26. The Balaban J connectivity index is 2.17. The van der Waals surface area contributed by atoms with E-state index in [0.29, 0.717) is 12.0 Å². The highest BCUT2D eigenvalue weighted by atomic mass is 16.5. The molecular formula is C17H27NO. The molecule has 1 saturated carbocycles. The Bertz CT molecular complexity index is 402. The van der Waals surface area contributed by atoms with E-state index in [1.54, 1.807) is 7.11 Å². The molecule has 1 N–H and O–H groups in total. The van der Waals surface area contributed by atoms with Gasteiger partial charge in [-0.1, -0.05) is 25.8 Å². The molecule has 1 aliphatic rings. The van der Waals surface area contributed by atoms with Crippen LogP contribution in [0.25, 0.3) is 0 Å². The van der Waals surface area contributed by atoms with Gasteiger partial charge in [-0.3, -0.25) is 0 Å². The van der Waals surface area contributed by atoms with Crippen molar-refractivity contribution in [2.24, 2.45) is 0 Å². The van der Waals surface area contributed by atoms with Gasteiger partial charge in [0.05, 0.1) is 7.11 Å². The van der Waals surface area contributed by atoms with Crippen molar-refractivity contribution in [1.29, 1.82) is 0 Å². The molecule has 2 unspecified atom stereocenters. The Morgan fingerprint density at radius 1 is 1.26 bits per heavy atom. The zero-order valence-electron chi connectivity index (χ0n) is 12.5. The third-order valence-corrected chi connectivity index (χ3v) is 4.30. The van der Waals surface area contributed by atoms with E-state index >= 15 is 0 Å². The van der Waals surface area contributed by atoms with Gasteiger partial charge in [-0.05, 0) is 61.9 Å². The Labute approximate surface area is 117 Å². The van der Waals surface area contributed by atoms with Crippen LogP contribution in [0.5, 0.6) is 5.75 Å². The first kappa shape index (κ1) is 14.4. The summed E-state index contributed by atoms with van der Waals surface area (Å²) in [6, 6.07) is 7.19. The molecular weight excluding hydrogens is 234 g/mol. The third kappa shape index (κ3) is 3.50. The summed E-state index contributed by atoms with van der Waals surface area (Å²) in [5.41, 5.74) is 2.88. The molecule has 1 fully saturated rings. The number of ether oxygens (including phenoxy) is 1. The molecule has 0 saturated heterocycles. The predicted molar refractivity (Wildman–Crippen MR) is 81.0 cm³/mol. The second-order valence-electron chi connectivity index (χ2n) is 5.67. The van der Waals surface area contributed by atoms with Crippen LogP contribution in [-0.4, -0.2) is 19.7 Å². The van der Waals surface area contributed by atoms with Crippen LogP contribution < -0.4 is 10.1 Å². The number of hydrogen-bond donors (Lipinski definition) is 1. The quantitative estimate of drug-likeness (QED) is 0.864. The van der Waals surface area contributed by atoms with Gasteiger partial charge in [-0.2, -0.15) is 0 Å². The molecule has 0 radical (unpaired) electrons. The second kappa shape index (κ2) is 6.95. The lowest BCUT2D eigenvalue weighted by Gasteiger charge is -2.33. The van der Waals surface area contributed by atoms with E-state index in [9.17, 15) is 0 Å². The molecule has 2 nitrogen and oxygen atoms in total. The van der Waals surface area contributed by atoms with E-state index in [4.69, 9.17) is 4.74 Å². The molecule has 0 heterocycles. The molecule has 1 aliphatic carbocycles. The fourth-order valence-electron chi connectivity index (χ4n) is 3.27. The van der Waals surface area contributed by atoms with Crippen LogP contribution in [-0.2, 0) is 0 Å². The molecule has 0 amide bonds. The molecule has 106 valence electrons. The Kier molecular flexibility index (Phi) is 5.26. The van der Waals surface area contributed by atoms with Crippen molar-refractivity contribution >= 4 is 0 Å². The summed E-state index contributed by atoms with van der Waals surface area (Å²) in [4.78, 5) is 0. The molecule has 0 bridgehead atoms. The predicted octanol–water partition coefficient (Wildman–Crippen LogP) is 4.03. The van der Waals surface area contributed by atoms with Gasteiger partial charge in [0.15, 0.2) is 0 Å². The monoisotopic (exact) mass is 261 g/mol. The Hall–Kier alpha value is -1.02. The van der Waals surface area contributed by atoms with Gasteiger partial charge in [0.2, 0.25) is 0 Å². The standard InChI is InChI=1S/C17H27NO/c1-4-11-18-17-8-6-5-7-16(17)15-10-9-14(19-3)12-13(15)2/h9-10,12,16-18H,4-8,11H2,1-3H3. The molecule has 0 spiro atoms. The minimum absolute atomic E-state index is 0.654. The van der Waals surface area contributed by atoms with E-state index < -0.39 is 0 Å². The summed E-state index contributed by atoms with van der Waals surface area (Å²) in [6.07, 6.45) is 6.57. The molecule has 2 atom stereocenters. The number of rotatable bonds is 5. The Morgan fingerprint density at radius 3 is 2.74 bits per heavy atom. The molecule has 2 heteroatoms. The topological polar surface area (TPSA) is 21.3 Å². The van der Waals surface area contributed by atoms with Crippen LogP contribution in [0, 0.1) is 6.92 Å². The first-order valence-electron chi connectivity index (χ1n) is 7.64. The summed E-state index contributed by atoms with van der Waals surface area (Å²) in [5.74, 6) is 1.64. The van der Waals surface area contributed by atoms with Crippen LogP contribution >= 0.6 is 0 Å². The molecule has 2 rings (SSSR count). The lowest BCUT2D eigenvalue weighted by Crippen LogP contribution is -2.37. The number of methoxy groups -OCH3 is 1. The van der Waals surface area contributed by atoms with Gasteiger partial charge >= 0.3 is 0 Å². The van der Waals surface area contributed by atoms with Gasteiger partial charge in [-0.25, -0.2) is 0 Å². The SMILES string of the molecule is CCCNC1CCCCC1c1ccc(OC)cc1C. The minimum Gasteiger partial charge on any atom is -0.497 e. The maximum Gasteiger partial charge on any atom is 0.119 e. The minimum atomic E-state index is 0.654. The zero-order valence-corrected chi connectivity index (χ0v) is 12.5. The number of hydrogen-bond acceptors (Lipinski definition) is 2. The smallest absolute Gasteiger partial charge is 0.119 e. The first-order chi connectivity index (χ1) is 9.26. The van der Waals surface area contributed by atoms with Gasteiger partial charge < -0.3 is 10.1 Å². The molecule has 0 aliphatic heterocycles. The number of aryl methyl sites for hydroxylation is 1. The lowest BCUT2D eigenvalue weighted by atomic mass is 9.78. The summed E-state index contributed by atoms with van der Waals surface area (Å²) < 4.78 is 5.31. The van der Waals surface area contributed by atoms with Crippen LogP contribution in [0.1, 0.15) is 56.1 Å². The van der Waals surface area contributed by atoms with Crippen molar-refractivity contribution < 1.29 is 4.74 Å². The van der Waals surface area contributed by atoms with Crippen molar-refractivity contribution in [1.82, 2.24) is 5.32 Å². The summed E-state index contributed by atoms with van der Waals surface area (Å²) in [6.45, 7) is 5.59. The van der Waals surface area contributed by atoms with Crippen molar-refractivity contribution in [3.8, 4) is 5.75 Å². The van der Waals surface area contributed by atoms with Gasteiger partial charge in [-0.15, -0.1) is 0 Å². The van der Waals surface area contributed by atoms with E-state index in [0.717, 1.165) is 12.3 Å². The summed E-state index contributed by atoms with van der Waals surface area (Å²) >= 11 is 0. The maximum absolute atomic E-state index is 5.31. The lowest BCUT2D eigenvalue weighted by molar-refractivity contribution is 0.327. The fraction of sp³-hybridized carbons (Fsp3) is 0.647. The third-order valence-electron chi connectivity index (χ3n) is 4.30. The van der Waals surface area contributed by atoms with Gasteiger partial charge in [0, 0.05) is 6.04 Å². The fourth-order valence-corrected chi connectivity index (χ4v) is 3.27. The largest absolute Gasteiger partial charge is 0.497 e. The van der Waals surface area contributed by atoms with Crippen molar-refractivity contribution in [3.05, 3.63) is 29.3 Å². The normalized spacial score (nSPS) is 23.3. The molecule has 1 aromatic carbocycles. The number of benzene rings is 1. The maximum atomic E-state index is 5.31. The van der Waals surface area contributed by atoms with Crippen LogP contribution in [0.15, 0.2) is 18.2 Å². The van der Waals surface area contributed by atoms with E-state index in [2.05, 4.69) is 37.4 Å². The van der Waals surface area contributed by atoms with Crippen LogP contribution in [0.4, 0.5) is 0 Å². The summed E-state index contributed by atoms with van der Waals surface area (Å²) in [5, 5.41) is 3.74. The summed E-state index contributed by atoms with van der Waals surface area (Å²) in [7, 11) is 1.74. The average molecular weight is 261 g/mol. The van der Waals surface area contributed by atoms with E-state index in [-0.39, 0.29) is 0 Å². The average Bonchev–Trinajstić information content (AvgIpc) is 2.45. The molecule has 0 aromatic heterocycles. The van der Waals surface area contributed by atoms with E-state index in [1.807, 2.05) is 0 Å². The zero-order chi connectivity index (χ0) is 13.7. The van der Waals surface area contributed by atoms with Crippen molar-refractivity contribution in [2.45, 2.75) is 57.9 Å². The van der Waals surface area contributed by atoms with Crippen molar-refractivity contribution in [2.75, 3.05) is 13.7 Å². The Morgan fingerprint density at radius 2 is 2.05 bits per heavy atom. The molecule has 19 heavy (non-hydrogen) atoms. The first-order valence-corrected chi connectivity index (χ1v) is 7.64. The van der Waals surface area contributed by atoms with Crippen molar-refractivity contribution in [3.63, 3.8) is 0 Å². The van der Waals surface area contributed by atoms with Crippen LogP contribution in [0.2, 0.25) is 0 Å². The van der Waals surface area contributed by atoms with E-state index in [1.165, 1.54) is 43.2 Å². The highest BCUT2D eigenvalue weighted by Crippen LogP contribution is 2.35. The van der Waals surface area contributed by atoms with Crippen LogP contribution in [0.3, 0.4) is 0 Å². The second-order valence-corrected chi connectivity index (χ2v) is 5.67.